The van der Waals surface area contributed by atoms with E-state index in [1.807, 2.05) is 70.5 Å². The lowest BCUT2D eigenvalue weighted by Crippen LogP contribution is -2.57. The number of amides is 5. The molecule has 0 saturated carbocycles. The first-order chi connectivity index (χ1) is 28.1. The van der Waals surface area contributed by atoms with E-state index in [1.165, 1.54) is 4.90 Å². The molecule has 1 aromatic heterocycles. The summed E-state index contributed by atoms with van der Waals surface area (Å²) in [6, 6.07) is 10.5. The van der Waals surface area contributed by atoms with Crippen LogP contribution in [0.3, 0.4) is 0 Å². The summed E-state index contributed by atoms with van der Waals surface area (Å²) in [5.41, 5.74) is 9.45. The maximum absolute atomic E-state index is 14.1. The summed E-state index contributed by atoms with van der Waals surface area (Å²) in [7, 11) is 0. The van der Waals surface area contributed by atoms with Gasteiger partial charge in [-0.2, -0.15) is 0 Å². The Morgan fingerprint density at radius 3 is 2.32 bits per heavy atom. The van der Waals surface area contributed by atoms with E-state index in [9.17, 15) is 29.1 Å². The van der Waals surface area contributed by atoms with Crippen LogP contribution in [0.25, 0.3) is 10.4 Å². The topological polar surface area (TPSA) is 202 Å². The van der Waals surface area contributed by atoms with E-state index in [0.717, 1.165) is 27.3 Å². The molecule has 1 aliphatic rings. The number of hydrogen-bond acceptors (Lipinski definition) is 10. The number of halogens is 1. The number of thiazole rings is 1. The Balaban J connectivity index is 1.31. The van der Waals surface area contributed by atoms with Crippen LogP contribution in [0.4, 0.5) is 4.79 Å². The van der Waals surface area contributed by atoms with Crippen molar-refractivity contribution in [3.8, 4) is 16.2 Å². The number of aliphatic hydroxyl groups excluding tert-OH is 1. The van der Waals surface area contributed by atoms with Crippen molar-refractivity contribution in [3.05, 3.63) is 69.8 Å². The molecule has 60 heavy (non-hydrogen) atoms. The largest absolute Gasteiger partial charge is 0.490 e. The summed E-state index contributed by atoms with van der Waals surface area (Å²) in [5.74, 6) is -1.21. The van der Waals surface area contributed by atoms with Gasteiger partial charge >= 0.3 is 6.09 Å². The third-order valence-corrected chi connectivity index (χ3v) is 11.5. The van der Waals surface area contributed by atoms with Crippen LogP contribution in [0.15, 0.2) is 48.0 Å². The second-order valence-electron chi connectivity index (χ2n) is 17.5. The average molecular weight is 870 g/mol. The molecule has 3 aromatic rings. The van der Waals surface area contributed by atoms with Crippen molar-refractivity contribution in [2.45, 2.75) is 136 Å². The summed E-state index contributed by atoms with van der Waals surface area (Å²) < 4.78 is 11.3. The molecule has 5 amide bonds. The molecule has 1 fully saturated rings. The molecule has 0 aliphatic carbocycles. The number of aryl methyl sites for hydroxylation is 2. The van der Waals surface area contributed by atoms with Crippen molar-refractivity contribution >= 4 is 52.7 Å². The number of aliphatic hydroxyl groups is 1. The average Bonchev–Trinajstić information content (AvgIpc) is 3.78. The normalized spacial score (nSPS) is 17.0. The highest BCUT2D eigenvalue weighted by molar-refractivity contribution is 7.13. The Kier molecular flexibility index (Phi) is 16.9. The van der Waals surface area contributed by atoms with Gasteiger partial charge in [-0.25, -0.2) is 9.78 Å². The van der Waals surface area contributed by atoms with Crippen molar-refractivity contribution in [2.75, 3.05) is 13.2 Å². The number of ether oxygens (including phenoxy) is 2. The fourth-order valence-electron chi connectivity index (χ4n) is 6.89. The number of nitrogens with zero attached hydrogens (tertiary/aromatic N) is 2. The lowest BCUT2D eigenvalue weighted by molar-refractivity contribution is -0.144. The first-order valence-corrected chi connectivity index (χ1v) is 21.7. The Labute approximate surface area is 362 Å². The molecular formula is C44H61ClN6O8S. The molecule has 5 atom stereocenters. The number of nitrogens with two attached hydrogens (primary N) is 1. The molecule has 328 valence electrons. The number of unbranched alkanes of at least 4 members (excludes halogenated alkanes) is 1. The number of primary amides is 1. The summed E-state index contributed by atoms with van der Waals surface area (Å²) >= 11 is 8.29. The number of β-amino-alcohol motifs (C(OH)–C–C–N with tert-alkyl or cyclic N) is 1. The molecule has 6 N–H and O–H groups in total. The number of hydrogen-bond donors (Lipinski definition) is 5. The number of aromatic nitrogens is 1. The SMILES string of the molecule is Cc1ncsc1-c1ccc([C@H](C)NC(=O)[C@@H]2C[C@@H](O)CN2C(=O)[C@@H](NC(=O)CCCCc2cccc(OC[C@H](CCC(N)=O)NC(=O)OC(C)(C)C)c2Cl)C(C)(C)C)cc1. The standard InChI is InChI=1S/C44H61ClN6O8S/c1-26(28-16-18-30(19-17-28)38-27(2)47-25-60-38)48-40(55)33-22-32(52)23-51(33)41(56)39(43(3,4)5)50-36(54)15-10-9-12-29-13-11-14-34(37(29)45)58-24-31(20-21-35(46)53)49-42(57)59-44(6,7)8/h11,13-14,16-19,25-26,31-33,39,52H,9-10,12,15,20-24H2,1-8H3,(H2,46,53)(H,48,55)(H,49,57)(H,50,54)/t26-,31-,32+,33-,39+/m0/s1. The minimum atomic E-state index is -0.939. The van der Waals surface area contributed by atoms with Crippen LogP contribution in [-0.4, -0.2) is 87.7 Å². The van der Waals surface area contributed by atoms with Crippen molar-refractivity contribution < 1.29 is 38.6 Å². The number of benzene rings is 2. The molecule has 4 rings (SSSR count). The van der Waals surface area contributed by atoms with Crippen LogP contribution in [0, 0.1) is 12.3 Å². The van der Waals surface area contributed by atoms with Crippen LogP contribution in [0.1, 0.15) is 110 Å². The maximum atomic E-state index is 14.1. The van der Waals surface area contributed by atoms with E-state index in [4.69, 9.17) is 26.8 Å². The zero-order valence-electron chi connectivity index (χ0n) is 35.9. The van der Waals surface area contributed by atoms with Crippen molar-refractivity contribution in [3.63, 3.8) is 0 Å². The minimum absolute atomic E-state index is 0.0194. The molecule has 1 aliphatic heterocycles. The maximum Gasteiger partial charge on any atom is 0.407 e. The van der Waals surface area contributed by atoms with Gasteiger partial charge in [0, 0.05) is 25.8 Å². The van der Waals surface area contributed by atoms with E-state index in [2.05, 4.69) is 20.9 Å². The second kappa shape index (κ2) is 21.2. The van der Waals surface area contributed by atoms with Gasteiger partial charge in [-0.05, 0) is 88.5 Å². The molecule has 2 aromatic carbocycles. The van der Waals surface area contributed by atoms with Crippen LogP contribution in [0.5, 0.6) is 5.75 Å². The fraction of sp³-hybridized carbons (Fsp3) is 0.545. The monoisotopic (exact) mass is 868 g/mol. The van der Waals surface area contributed by atoms with Gasteiger partial charge < -0.3 is 41.2 Å². The molecule has 16 heteroatoms. The lowest BCUT2D eigenvalue weighted by atomic mass is 9.85. The predicted octanol–water partition coefficient (Wildman–Crippen LogP) is 6.39. The van der Waals surface area contributed by atoms with Crippen LogP contribution < -0.4 is 26.4 Å². The smallest absolute Gasteiger partial charge is 0.407 e. The lowest BCUT2D eigenvalue weighted by Gasteiger charge is -2.35. The third-order valence-electron chi connectivity index (χ3n) is 10.1. The number of carbonyl (C=O) groups excluding carboxylic acids is 5. The summed E-state index contributed by atoms with van der Waals surface area (Å²) in [6.07, 6.45) is 0.658. The number of likely N-dealkylation sites (tertiary alicyclic amines) is 1. The zero-order chi connectivity index (χ0) is 44.4. The number of carbonyl (C=O) groups is 5. The van der Waals surface area contributed by atoms with E-state index >= 15 is 0 Å². The van der Waals surface area contributed by atoms with E-state index in [0.29, 0.717) is 30.0 Å². The Morgan fingerprint density at radius 1 is 1.00 bits per heavy atom. The highest BCUT2D eigenvalue weighted by Crippen LogP contribution is 2.31. The van der Waals surface area contributed by atoms with Gasteiger partial charge in [-0.3, -0.25) is 19.2 Å². The Morgan fingerprint density at radius 2 is 1.70 bits per heavy atom. The van der Waals surface area contributed by atoms with Gasteiger partial charge in [-0.15, -0.1) is 11.3 Å². The van der Waals surface area contributed by atoms with Gasteiger partial charge in [-0.1, -0.05) is 68.8 Å². The summed E-state index contributed by atoms with van der Waals surface area (Å²) in [5, 5.41) is 19.7. The van der Waals surface area contributed by atoms with E-state index < -0.39 is 53.2 Å². The van der Waals surface area contributed by atoms with Gasteiger partial charge in [0.15, 0.2) is 0 Å². The number of nitrogens with one attached hydrogen (secondary N) is 3. The van der Waals surface area contributed by atoms with Crippen LogP contribution >= 0.6 is 22.9 Å². The summed E-state index contributed by atoms with van der Waals surface area (Å²) in [6.45, 7) is 14.6. The van der Waals surface area contributed by atoms with Gasteiger partial charge in [0.1, 0.15) is 30.0 Å². The van der Waals surface area contributed by atoms with Crippen molar-refractivity contribution in [2.24, 2.45) is 11.1 Å². The molecule has 1 saturated heterocycles. The predicted molar refractivity (Wildman–Crippen MR) is 232 cm³/mol. The first kappa shape index (κ1) is 47.9. The Bertz CT molecular complexity index is 1960. The van der Waals surface area contributed by atoms with Gasteiger partial charge in [0.2, 0.25) is 23.6 Å². The van der Waals surface area contributed by atoms with Crippen LogP contribution in [-0.2, 0) is 30.3 Å². The molecule has 0 unspecified atom stereocenters. The highest BCUT2D eigenvalue weighted by Gasteiger charge is 2.44. The fourth-order valence-corrected chi connectivity index (χ4v) is 7.98. The molecule has 2 heterocycles. The number of rotatable bonds is 18. The molecule has 14 nitrogen and oxygen atoms in total. The third kappa shape index (κ3) is 14.2. The molecular weight excluding hydrogens is 808 g/mol. The van der Waals surface area contributed by atoms with E-state index in [1.54, 1.807) is 44.2 Å². The summed E-state index contributed by atoms with van der Waals surface area (Å²) in [4.78, 5) is 71.7. The second-order valence-corrected chi connectivity index (χ2v) is 18.7. The van der Waals surface area contributed by atoms with Crippen molar-refractivity contribution in [1.29, 1.82) is 0 Å². The van der Waals surface area contributed by atoms with Crippen LogP contribution in [0.2, 0.25) is 5.02 Å². The highest BCUT2D eigenvalue weighted by atomic mass is 35.5. The van der Waals surface area contributed by atoms with Gasteiger partial charge in [0.25, 0.3) is 0 Å². The van der Waals surface area contributed by atoms with E-state index in [-0.39, 0.29) is 56.7 Å². The molecule has 0 bridgehead atoms. The zero-order valence-corrected chi connectivity index (χ0v) is 37.5. The quantitative estimate of drug-likeness (QED) is 0.0898. The van der Waals surface area contributed by atoms with Gasteiger partial charge in [0.05, 0.1) is 39.3 Å². The minimum Gasteiger partial charge on any atom is -0.490 e. The molecule has 0 radical (unpaired) electrons. The Hall–Kier alpha value is -4.73. The number of alkyl carbamates (subject to hydrolysis) is 1. The first-order valence-electron chi connectivity index (χ1n) is 20.4. The van der Waals surface area contributed by atoms with Crippen molar-refractivity contribution in [1.82, 2.24) is 25.8 Å². The molecule has 0 spiro atoms.